The number of aromatic hydroxyl groups is 2. The number of rotatable bonds is 8. The number of aromatic nitrogens is 1. The van der Waals surface area contributed by atoms with Crippen LogP contribution < -0.4 is 16.2 Å². The van der Waals surface area contributed by atoms with Crippen LogP contribution in [0.4, 0.5) is 0 Å². The fraction of sp³-hybridized carbons (Fsp3) is 0.417. The number of carboxylic acid groups (broad SMARTS) is 1. The molecule has 1 heterocycles. The van der Waals surface area contributed by atoms with Crippen molar-refractivity contribution in [3.05, 3.63) is 51.3 Å². The number of aliphatic carboxylic acids is 1. The second-order valence-electron chi connectivity index (χ2n) is 9.42. The first-order chi connectivity index (χ1) is 15.9. The lowest BCUT2D eigenvalue weighted by molar-refractivity contribution is -0.135. The van der Waals surface area contributed by atoms with Gasteiger partial charge in [0.05, 0.1) is 5.69 Å². The monoisotopic (exact) mass is 471 g/mol. The molecule has 1 aliphatic rings. The Hall–Kier alpha value is -3.82. The van der Waals surface area contributed by atoms with Crippen LogP contribution >= 0.6 is 0 Å². The Kier molecular flexibility index (Phi) is 6.99. The van der Waals surface area contributed by atoms with Gasteiger partial charge in [-0.2, -0.15) is 0 Å². The van der Waals surface area contributed by atoms with Crippen LogP contribution in [0.25, 0.3) is 5.69 Å². The number of pyridine rings is 1. The summed E-state index contributed by atoms with van der Waals surface area (Å²) >= 11 is 0. The zero-order valence-electron chi connectivity index (χ0n) is 19.3. The summed E-state index contributed by atoms with van der Waals surface area (Å²) in [6.45, 7) is 5.49. The van der Waals surface area contributed by atoms with Crippen LogP contribution in [0.1, 0.15) is 66.3 Å². The summed E-state index contributed by atoms with van der Waals surface area (Å²) in [6, 6.07) is 6.58. The molecular formula is C24H29N3O7. The van der Waals surface area contributed by atoms with E-state index in [1.54, 1.807) is 24.3 Å². The van der Waals surface area contributed by atoms with Crippen molar-refractivity contribution in [2.45, 2.75) is 45.4 Å². The van der Waals surface area contributed by atoms with E-state index in [2.05, 4.69) is 5.32 Å². The molecule has 182 valence electrons. The lowest BCUT2D eigenvalue weighted by atomic mass is 9.87. The van der Waals surface area contributed by atoms with E-state index in [1.165, 1.54) is 0 Å². The van der Waals surface area contributed by atoms with E-state index < -0.39 is 52.6 Å². The molecule has 3 rings (SSSR count). The SMILES string of the molecule is CC(C)(C)c1ccc(-n2c(O)c(C(=O)NCCC3CC3)c(O)c(C(=O)NCC(=O)O)c2=O)cc1. The lowest BCUT2D eigenvalue weighted by Gasteiger charge is -2.20. The van der Waals surface area contributed by atoms with E-state index in [4.69, 9.17) is 5.11 Å². The summed E-state index contributed by atoms with van der Waals surface area (Å²) in [5.74, 6) is -4.72. The molecule has 1 aliphatic carbocycles. The highest BCUT2D eigenvalue weighted by Gasteiger charge is 2.31. The van der Waals surface area contributed by atoms with E-state index >= 15 is 0 Å². The first-order valence-electron chi connectivity index (χ1n) is 11.0. The number of carboxylic acids is 1. The Bertz CT molecular complexity index is 1170. The summed E-state index contributed by atoms with van der Waals surface area (Å²) in [6.07, 6.45) is 2.89. The lowest BCUT2D eigenvalue weighted by Crippen LogP contribution is -2.37. The van der Waals surface area contributed by atoms with Crippen LogP contribution in [-0.2, 0) is 10.2 Å². The van der Waals surface area contributed by atoms with Gasteiger partial charge in [-0.3, -0.25) is 19.2 Å². The Morgan fingerprint density at radius 2 is 1.59 bits per heavy atom. The third kappa shape index (κ3) is 5.38. The highest BCUT2D eigenvalue weighted by Crippen LogP contribution is 2.33. The summed E-state index contributed by atoms with van der Waals surface area (Å²) in [7, 11) is 0. The minimum Gasteiger partial charge on any atom is -0.506 e. The summed E-state index contributed by atoms with van der Waals surface area (Å²) < 4.78 is 0.748. The van der Waals surface area contributed by atoms with Gasteiger partial charge in [-0.25, -0.2) is 4.57 Å². The number of carbonyl (C=O) groups is 3. The van der Waals surface area contributed by atoms with Gasteiger partial charge in [0.2, 0.25) is 5.88 Å². The molecule has 10 nitrogen and oxygen atoms in total. The smallest absolute Gasteiger partial charge is 0.322 e. The van der Waals surface area contributed by atoms with Gasteiger partial charge in [0.15, 0.2) is 5.75 Å². The van der Waals surface area contributed by atoms with Gasteiger partial charge < -0.3 is 26.0 Å². The second-order valence-corrected chi connectivity index (χ2v) is 9.42. The molecule has 0 aliphatic heterocycles. The highest BCUT2D eigenvalue weighted by molar-refractivity contribution is 6.05. The normalized spacial score (nSPS) is 13.4. The van der Waals surface area contributed by atoms with E-state index in [0.29, 0.717) is 12.5 Å². The van der Waals surface area contributed by atoms with Crippen molar-refractivity contribution >= 4 is 17.8 Å². The third-order valence-corrected chi connectivity index (χ3v) is 5.71. The fourth-order valence-corrected chi connectivity index (χ4v) is 3.54. The van der Waals surface area contributed by atoms with Crippen molar-refractivity contribution in [2.75, 3.05) is 13.1 Å². The van der Waals surface area contributed by atoms with Gasteiger partial charge >= 0.3 is 5.97 Å². The molecule has 1 saturated carbocycles. The maximum atomic E-state index is 13.2. The van der Waals surface area contributed by atoms with Crippen molar-refractivity contribution in [1.29, 1.82) is 0 Å². The molecule has 0 radical (unpaired) electrons. The Labute approximate surface area is 196 Å². The number of nitrogens with one attached hydrogen (secondary N) is 2. The number of hydrogen-bond donors (Lipinski definition) is 5. The molecular weight excluding hydrogens is 442 g/mol. The molecule has 0 unspecified atom stereocenters. The summed E-state index contributed by atoms with van der Waals surface area (Å²) in [5, 5.41) is 35.0. The molecule has 34 heavy (non-hydrogen) atoms. The maximum Gasteiger partial charge on any atom is 0.322 e. The summed E-state index contributed by atoms with van der Waals surface area (Å²) in [4.78, 5) is 49.5. The molecule has 5 N–H and O–H groups in total. The average Bonchev–Trinajstić information content (AvgIpc) is 3.56. The largest absolute Gasteiger partial charge is 0.506 e. The van der Waals surface area contributed by atoms with Crippen LogP contribution in [0.15, 0.2) is 29.1 Å². The van der Waals surface area contributed by atoms with Crippen molar-refractivity contribution in [3.63, 3.8) is 0 Å². The molecule has 0 atom stereocenters. The van der Waals surface area contributed by atoms with Crippen LogP contribution in [0.2, 0.25) is 0 Å². The minimum atomic E-state index is -1.36. The Morgan fingerprint density at radius 1 is 1.00 bits per heavy atom. The van der Waals surface area contributed by atoms with Crippen molar-refractivity contribution in [1.82, 2.24) is 15.2 Å². The van der Waals surface area contributed by atoms with Gasteiger partial charge in [-0.05, 0) is 35.4 Å². The number of carbonyl (C=O) groups excluding carboxylic acids is 2. The number of nitrogens with zero attached hydrogens (tertiary/aromatic N) is 1. The van der Waals surface area contributed by atoms with Crippen LogP contribution in [0, 0.1) is 5.92 Å². The molecule has 2 aromatic rings. The average molecular weight is 472 g/mol. The first-order valence-corrected chi connectivity index (χ1v) is 11.0. The highest BCUT2D eigenvalue weighted by atomic mass is 16.4. The van der Waals surface area contributed by atoms with Crippen molar-refractivity contribution in [3.8, 4) is 17.3 Å². The van der Waals surface area contributed by atoms with Gasteiger partial charge in [-0.1, -0.05) is 45.7 Å². The molecule has 10 heteroatoms. The predicted molar refractivity (Wildman–Crippen MR) is 124 cm³/mol. The predicted octanol–water partition coefficient (Wildman–Crippen LogP) is 1.89. The zero-order chi connectivity index (χ0) is 25.2. The fourth-order valence-electron chi connectivity index (χ4n) is 3.54. The Morgan fingerprint density at radius 3 is 2.12 bits per heavy atom. The molecule has 0 saturated heterocycles. The molecule has 0 spiro atoms. The van der Waals surface area contributed by atoms with Crippen LogP contribution in [0.3, 0.4) is 0 Å². The van der Waals surface area contributed by atoms with E-state index in [9.17, 15) is 29.4 Å². The zero-order valence-corrected chi connectivity index (χ0v) is 19.3. The standard InChI is InChI=1S/C24H29N3O7/c1-24(2,3)14-6-8-15(9-7-14)27-22(33)17(20(31)25-11-10-13-4-5-13)19(30)18(23(27)34)21(32)26-12-16(28)29/h6-9,13,30,33H,4-5,10-12H2,1-3H3,(H,25,31)(H,26,32)(H,28,29). The van der Waals surface area contributed by atoms with Gasteiger partial charge in [-0.15, -0.1) is 0 Å². The van der Waals surface area contributed by atoms with Crippen LogP contribution in [0.5, 0.6) is 11.6 Å². The quantitative estimate of drug-likeness (QED) is 0.393. The summed E-state index contributed by atoms with van der Waals surface area (Å²) in [5.41, 5.74) is -1.66. The molecule has 0 bridgehead atoms. The number of benzene rings is 1. The van der Waals surface area contributed by atoms with E-state index in [0.717, 1.165) is 29.4 Å². The van der Waals surface area contributed by atoms with Crippen molar-refractivity contribution in [2.24, 2.45) is 5.92 Å². The number of hydrogen-bond acceptors (Lipinski definition) is 6. The Balaban J connectivity index is 2.11. The van der Waals surface area contributed by atoms with Crippen molar-refractivity contribution < 1.29 is 29.7 Å². The molecule has 1 fully saturated rings. The maximum absolute atomic E-state index is 13.2. The molecule has 1 aromatic heterocycles. The second kappa shape index (κ2) is 9.58. The van der Waals surface area contributed by atoms with Gasteiger partial charge in [0.25, 0.3) is 17.4 Å². The van der Waals surface area contributed by atoms with E-state index in [-0.39, 0.29) is 11.1 Å². The molecule has 2 amide bonds. The van der Waals surface area contributed by atoms with Gasteiger partial charge in [0, 0.05) is 6.54 Å². The topological polar surface area (TPSA) is 158 Å². The number of amides is 2. The third-order valence-electron chi connectivity index (χ3n) is 5.71. The molecule has 1 aromatic carbocycles. The van der Waals surface area contributed by atoms with Crippen LogP contribution in [-0.4, -0.2) is 50.8 Å². The first kappa shape index (κ1) is 24.8. The van der Waals surface area contributed by atoms with E-state index in [1.807, 2.05) is 26.1 Å². The minimum absolute atomic E-state index is 0.162. The van der Waals surface area contributed by atoms with Gasteiger partial charge in [0.1, 0.15) is 17.7 Å².